The van der Waals surface area contributed by atoms with Crippen molar-refractivity contribution in [2.24, 2.45) is 16.7 Å². The largest absolute Gasteiger partial charge is 0.480 e. The minimum Gasteiger partial charge on any atom is -0.480 e. The predicted octanol–water partition coefficient (Wildman–Crippen LogP) is 4.27. The molecule has 0 radical (unpaired) electrons. The molecule has 2 unspecified atom stereocenters. The maximum atomic E-state index is 12.7. The Kier molecular flexibility index (Phi) is 7.41. The van der Waals surface area contributed by atoms with Gasteiger partial charge in [-0.15, -0.1) is 0 Å². The Labute approximate surface area is 129 Å². The van der Waals surface area contributed by atoms with Crippen LogP contribution >= 0.6 is 0 Å². The smallest absolute Gasteiger partial charge is 0.324 e. The summed E-state index contributed by atoms with van der Waals surface area (Å²) in [4.78, 5) is 24.7. The van der Waals surface area contributed by atoms with Gasteiger partial charge in [0.1, 0.15) is 6.10 Å². The first-order valence-corrected chi connectivity index (χ1v) is 8.00. The van der Waals surface area contributed by atoms with E-state index in [-0.39, 0.29) is 12.0 Å². The average molecular weight is 300 g/mol. The van der Waals surface area contributed by atoms with E-state index in [0.29, 0.717) is 6.42 Å². The van der Waals surface area contributed by atoms with Gasteiger partial charge in [-0.2, -0.15) is 0 Å². The molecule has 1 N–H and O–H groups in total. The first-order valence-electron chi connectivity index (χ1n) is 8.00. The van der Waals surface area contributed by atoms with Crippen molar-refractivity contribution in [2.75, 3.05) is 0 Å². The summed E-state index contributed by atoms with van der Waals surface area (Å²) in [5, 5.41) is 9.76. The fraction of sp³-hybridized carbons (Fsp3) is 0.882. The molecule has 0 saturated heterocycles. The van der Waals surface area contributed by atoms with Gasteiger partial charge >= 0.3 is 11.9 Å². The number of esters is 1. The van der Waals surface area contributed by atoms with E-state index in [2.05, 4.69) is 6.92 Å². The average Bonchev–Trinajstić information content (AvgIpc) is 2.32. The monoisotopic (exact) mass is 300 g/mol. The van der Waals surface area contributed by atoms with Crippen molar-refractivity contribution in [3.63, 3.8) is 0 Å². The number of carbonyl (C=O) groups is 2. The highest BCUT2D eigenvalue weighted by Crippen LogP contribution is 2.46. The number of hydrogen-bond donors (Lipinski definition) is 1. The summed E-state index contributed by atoms with van der Waals surface area (Å²) in [6.07, 6.45) is 3.31. The molecule has 0 aliphatic carbocycles. The minimum atomic E-state index is -1.52. The van der Waals surface area contributed by atoms with Crippen molar-refractivity contribution >= 4 is 11.9 Å². The number of ether oxygens (including phenoxy) is 1. The Bertz CT molecular complexity index is 354. The lowest BCUT2D eigenvalue weighted by Crippen LogP contribution is -2.54. The van der Waals surface area contributed by atoms with Crippen LogP contribution in [0.4, 0.5) is 0 Å². The van der Waals surface area contributed by atoms with E-state index in [1.165, 1.54) is 0 Å². The highest BCUT2D eigenvalue weighted by molar-refractivity contribution is 6.00. The number of carbonyl (C=O) groups excluding carboxylic acids is 1. The fourth-order valence-electron chi connectivity index (χ4n) is 3.09. The summed E-state index contributed by atoms with van der Waals surface area (Å²) in [7, 11) is 0. The molecule has 0 aliphatic rings. The molecule has 0 amide bonds. The molecule has 2 atom stereocenters. The molecular formula is C17H32O4. The molecule has 0 aromatic rings. The maximum Gasteiger partial charge on any atom is 0.324 e. The predicted molar refractivity (Wildman–Crippen MR) is 84.1 cm³/mol. The van der Waals surface area contributed by atoms with Gasteiger partial charge in [-0.05, 0) is 24.2 Å². The Morgan fingerprint density at radius 1 is 1.14 bits per heavy atom. The van der Waals surface area contributed by atoms with E-state index in [0.717, 1.165) is 19.3 Å². The second-order valence-corrected chi connectivity index (χ2v) is 7.10. The zero-order valence-electron chi connectivity index (χ0n) is 14.7. The molecule has 124 valence electrons. The zero-order chi connectivity index (χ0) is 16.8. The maximum absolute atomic E-state index is 12.7. The van der Waals surface area contributed by atoms with Crippen LogP contribution in [-0.4, -0.2) is 23.1 Å². The van der Waals surface area contributed by atoms with Crippen molar-refractivity contribution in [2.45, 2.75) is 80.3 Å². The molecule has 4 heteroatoms. The summed E-state index contributed by atoms with van der Waals surface area (Å²) in [5.74, 6) is -2.04. The van der Waals surface area contributed by atoms with Crippen LogP contribution in [0.1, 0.15) is 74.1 Å². The van der Waals surface area contributed by atoms with Gasteiger partial charge in [-0.3, -0.25) is 9.59 Å². The molecule has 0 rings (SSSR count). The van der Waals surface area contributed by atoms with Crippen LogP contribution in [0.15, 0.2) is 0 Å². The van der Waals surface area contributed by atoms with Gasteiger partial charge in [0.2, 0.25) is 0 Å². The highest BCUT2D eigenvalue weighted by Gasteiger charge is 2.59. The van der Waals surface area contributed by atoms with Gasteiger partial charge in [0.15, 0.2) is 5.41 Å². The Morgan fingerprint density at radius 2 is 1.67 bits per heavy atom. The SMILES string of the molecule is CCCCC(CC)OC(=O)C(C(=O)O)(C(C)C)C(C)(C)C. The number of unbranched alkanes of at least 4 members (excludes halogenated alkanes) is 1. The summed E-state index contributed by atoms with van der Waals surface area (Å²) in [5.41, 5.74) is -2.24. The van der Waals surface area contributed by atoms with E-state index in [4.69, 9.17) is 4.74 Å². The van der Waals surface area contributed by atoms with Gasteiger partial charge in [0.05, 0.1) is 0 Å². The standard InChI is InChI=1S/C17H32O4/c1-8-10-11-13(9-2)21-15(20)17(12(3)4,14(18)19)16(5,6)7/h12-13H,8-11H2,1-7H3,(H,18,19). The molecule has 21 heavy (non-hydrogen) atoms. The molecular weight excluding hydrogens is 268 g/mol. The second-order valence-electron chi connectivity index (χ2n) is 7.10. The first kappa shape index (κ1) is 19.9. The van der Waals surface area contributed by atoms with Crippen LogP contribution in [0.2, 0.25) is 0 Å². The third-order valence-corrected chi connectivity index (χ3v) is 4.32. The first-order chi connectivity index (χ1) is 9.55. The van der Waals surface area contributed by atoms with Gasteiger partial charge in [0.25, 0.3) is 0 Å². The zero-order valence-corrected chi connectivity index (χ0v) is 14.7. The lowest BCUT2D eigenvalue weighted by atomic mass is 9.60. The number of carboxylic acid groups (broad SMARTS) is 1. The number of carboxylic acids is 1. The van der Waals surface area contributed by atoms with Gasteiger partial charge in [-0.1, -0.05) is 61.3 Å². The molecule has 0 heterocycles. The quantitative estimate of drug-likeness (QED) is 0.537. The van der Waals surface area contributed by atoms with Crippen LogP contribution in [0, 0.1) is 16.7 Å². The number of hydrogen-bond acceptors (Lipinski definition) is 3. The Morgan fingerprint density at radius 3 is 1.95 bits per heavy atom. The van der Waals surface area contributed by atoms with Crippen LogP contribution in [-0.2, 0) is 14.3 Å². The van der Waals surface area contributed by atoms with Crippen molar-refractivity contribution < 1.29 is 19.4 Å². The van der Waals surface area contributed by atoms with Gasteiger partial charge in [0, 0.05) is 0 Å². The summed E-state index contributed by atoms with van der Waals surface area (Å²) in [6, 6.07) is 0. The van der Waals surface area contributed by atoms with Crippen LogP contribution in [0.5, 0.6) is 0 Å². The van der Waals surface area contributed by atoms with Gasteiger partial charge in [-0.25, -0.2) is 0 Å². The molecule has 0 fully saturated rings. The van der Waals surface area contributed by atoms with Crippen molar-refractivity contribution in [1.82, 2.24) is 0 Å². The van der Waals surface area contributed by atoms with Crippen LogP contribution in [0.25, 0.3) is 0 Å². The summed E-state index contributed by atoms with van der Waals surface area (Å²) in [6.45, 7) is 12.9. The second kappa shape index (κ2) is 7.81. The van der Waals surface area contributed by atoms with E-state index in [1.807, 2.05) is 6.92 Å². The van der Waals surface area contributed by atoms with E-state index < -0.39 is 22.8 Å². The molecule has 0 saturated carbocycles. The summed E-state index contributed by atoms with van der Waals surface area (Å²) >= 11 is 0. The molecule has 4 nitrogen and oxygen atoms in total. The molecule has 0 aliphatic heterocycles. The molecule has 0 bridgehead atoms. The van der Waals surface area contributed by atoms with Gasteiger partial charge < -0.3 is 9.84 Å². The Balaban J connectivity index is 5.45. The third-order valence-electron chi connectivity index (χ3n) is 4.32. The highest BCUT2D eigenvalue weighted by atomic mass is 16.5. The van der Waals surface area contributed by atoms with Crippen molar-refractivity contribution in [3.05, 3.63) is 0 Å². The summed E-state index contributed by atoms with van der Waals surface area (Å²) < 4.78 is 5.60. The third kappa shape index (κ3) is 4.21. The molecule has 0 spiro atoms. The fourth-order valence-corrected chi connectivity index (χ4v) is 3.09. The minimum absolute atomic E-state index is 0.197. The molecule has 0 aromatic carbocycles. The van der Waals surface area contributed by atoms with Crippen LogP contribution in [0.3, 0.4) is 0 Å². The Hall–Kier alpha value is -1.06. The molecule has 0 aromatic heterocycles. The number of aliphatic carboxylic acids is 1. The van der Waals surface area contributed by atoms with E-state index in [1.54, 1.807) is 34.6 Å². The van der Waals surface area contributed by atoms with Crippen molar-refractivity contribution in [3.8, 4) is 0 Å². The number of rotatable bonds is 8. The van der Waals surface area contributed by atoms with E-state index >= 15 is 0 Å². The normalized spacial score (nSPS) is 16.4. The topological polar surface area (TPSA) is 63.6 Å². The van der Waals surface area contributed by atoms with E-state index in [9.17, 15) is 14.7 Å². The lowest BCUT2D eigenvalue weighted by molar-refractivity contribution is -0.187. The lowest BCUT2D eigenvalue weighted by Gasteiger charge is -2.42. The van der Waals surface area contributed by atoms with Crippen LogP contribution < -0.4 is 0 Å². The van der Waals surface area contributed by atoms with Crippen molar-refractivity contribution in [1.29, 1.82) is 0 Å².